The van der Waals surface area contributed by atoms with Gasteiger partial charge in [-0.15, -0.1) is 0 Å². The lowest BCUT2D eigenvalue weighted by Crippen LogP contribution is -2.28. The highest BCUT2D eigenvalue weighted by atomic mass is 16.6. The normalized spacial score (nSPS) is 12.2. The first kappa shape index (κ1) is 16.7. The molecule has 0 aliphatic rings. The molecule has 1 amide bonds. The van der Waals surface area contributed by atoms with Gasteiger partial charge < -0.3 is 15.2 Å². The Morgan fingerprint density at radius 3 is 2.39 bits per heavy atom. The second kappa shape index (κ2) is 9.74. The standard InChI is InChI=1S/C13H25NO4/c1-4-5-11(6-7-12(15)16)8-9-14-13(17)18-10(2)3/h10-11H,4-9H2,1-3H3,(H,14,17)(H,15,16). The van der Waals surface area contributed by atoms with Crippen molar-refractivity contribution in [2.24, 2.45) is 5.92 Å². The maximum Gasteiger partial charge on any atom is 0.407 e. The molecular weight excluding hydrogens is 234 g/mol. The minimum absolute atomic E-state index is 0.122. The Balaban J connectivity index is 3.81. The number of carbonyl (C=O) groups excluding carboxylic acids is 1. The monoisotopic (exact) mass is 259 g/mol. The van der Waals surface area contributed by atoms with Crippen LogP contribution in [0.4, 0.5) is 4.79 Å². The third-order valence-electron chi connectivity index (χ3n) is 2.63. The van der Waals surface area contributed by atoms with Crippen molar-refractivity contribution in [2.75, 3.05) is 6.54 Å². The first-order valence-electron chi connectivity index (χ1n) is 6.62. The molecular formula is C13H25NO4. The van der Waals surface area contributed by atoms with Gasteiger partial charge in [0.15, 0.2) is 0 Å². The highest BCUT2D eigenvalue weighted by Gasteiger charge is 2.11. The summed E-state index contributed by atoms with van der Waals surface area (Å²) >= 11 is 0. The molecule has 106 valence electrons. The van der Waals surface area contributed by atoms with Crippen LogP contribution in [0.15, 0.2) is 0 Å². The summed E-state index contributed by atoms with van der Waals surface area (Å²) in [6, 6.07) is 0. The molecule has 0 spiro atoms. The zero-order chi connectivity index (χ0) is 14.0. The van der Waals surface area contributed by atoms with Crippen molar-refractivity contribution in [1.29, 1.82) is 0 Å². The summed E-state index contributed by atoms with van der Waals surface area (Å²) in [5.41, 5.74) is 0. The lowest BCUT2D eigenvalue weighted by Gasteiger charge is -2.15. The molecule has 0 heterocycles. The Hall–Kier alpha value is -1.26. The van der Waals surface area contributed by atoms with Crippen LogP contribution in [0.1, 0.15) is 52.9 Å². The number of carboxylic acids is 1. The van der Waals surface area contributed by atoms with Crippen molar-refractivity contribution in [3.8, 4) is 0 Å². The lowest BCUT2D eigenvalue weighted by atomic mass is 9.94. The highest BCUT2D eigenvalue weighted by Crippen LogP contribution is 2.17. The van der Waals surface area contributed by atoms with Crippen LogP contribution in [0.5, 0.6) is 0 Å². The van der Waals surface area contributed by atoms with E-state index in [1.165, 1.54) is 0 Å². The summed E-state index contributed by atoms with van der Waals surface area (Å²) in [6.45, 7) is 6.21. The van der Waals surface area contributed by atoms with E-state index in [-0.39, 0.29) is 12.5 Å². The Labute approximate surface area is 109 Å². The van der Waals surface area contributed by atoms with Crippen molar-refractivity contribution < 1.29 is 19.4 Å². The van der Waals surface area contributed by atoms with Gasteiger partial charge in [-0.1, -0.05) is 19.8 Å². The van der Waals surface area contributed by atoms with Gasteiger partial charge >= 0.3 is 12.1 Å². The maximum absolute atomic E-state index is 11.2. The van der Waals surface area contributed by atoms with Gasteiger partial charge in [0.05, 0.1) is 6.10 Å². The van der Waals surface area contributed by atoms with Gasteiger partial charge in [-0.3, -0.25) is 4.79 Å². The fourth-order valence-electron chi connectivity index (χ4n) is 1.80. The second-order valence-electron chi connectivity index (χ2n) is 4.76. The SMILES string of the molecule is CCCC(CCNC(=O)OC(C)C)CCC(=O)O. The number of carboxylic acid groups (broad SMARTS) is 1. The fourth-order valence-corrected chi connectivity index (χ4v) is 1.80. The molecule has 0 bridgehead atoms. The van der Waals surface area contributed by atoms with Gasteiger partial charge in [0.1, 0.15) is 0 Å². The van der Waals surface area contributed by atoms with E-state index in [1.807, 2.05) is 0 Å². The molecule has 0 aliphatic carbocycles. The van der Waals surface area contributed by atoms with Gasteiger partial charge in [-0.2, -0.15) is 0 Å². The molecule has 2 N–H and O–H groups in total. The first-order valence-corrected chi connectivity index (χ1v) is 6.62. The van der Waals surface area contributed by atoms with Crippen LogP contribution in [0.3, 0.4) is 0 Å². The molecule has 1 unspecified atom stereocenters. The fraction of sp³-hybridized carbons (Fsp3) is 0.846. The molecule has 0 rings (SSSR count). The van der Waals surface area contributed by atoms with Crippen molar-refractivity contribution >= 4 is 12.1 Å². The summed E-state index contributed by atoms with van der Waals surface area (Å²) in [5.74, 6) is -0.409. The van der Waals surface area contributed by atoms with Gasteiger partial charge in [-0.05, 0) is 32.6 Å². The van der Waals surface area contributed by atoms with Gasteiger partial charge in [0.25, 0.3) is 0 Å². The molecule has 0 aromatic carbocycles. The van der Waals surface area contributed by atoms with Gasteiger partial charge in [0, 0.05) is 13.0 Å². The number of hydrogen-bond donors (Lipinski definition) is 2. The molecule has 1 atom stereocenters. The Morgan fingerprint density at radius 2 is 1.89 bits per heavy atom. The molecule has 5 heteroatoms. The van der Waals surface area contributed by atoms with Crippen LogP contribution in [0.2, 0.25) is 0 Å². The molecule has 0 aromatic rings. The number of rotatable bonds is 9. The molecule has 0 aliphatic heterocycles. The molecule has 5 nitrogen and oxygen atoms in total. The molecule has 0 saturated heterocycles. The van der Waals surface area contributed by atoms with E-state index < -0.39 is 12.1 Å². The van der Waals surface area contributed by atoms with E-state index in [0.29, 0.717) is 18.9 Å². The number of alkyl carbamates (subject to hydrolysis) is 1. The summed E-state index contributed by atoms with van der Waals surface area (Å²) in [4.78, 5) is 21.8. The van der Waals surface area contributed by atoms with E-state index in [9.17, 15) is 9.59 Å². The van der Waals surface area contributed by atoms with Crippen LogP contribution in [0, 0.1) is 5.92 Å². The van der Waals surface area contributed by atoms with Crippen LogP contribution in [-0.4, -0.2) is 29.8 Å². The van der Waals surface area contributed by atoms with Crippen LogP contribution < -0.4 is 5.32 Å². The third-order valence-corrected chi connectivity index (χ3v) is 2.63. The van der Waals surface area contributed by atoms with Crippen molar-refractivity contribution in [1.82, 2.24) is 5.32 Å². The minimum Gasteiger partial charge on any atom is -0.481 e. The van der Waals surface area contributed by atoms with E-state index in [4.69, 9.17) is 9.84 Å². The predicted octanol–water partition coefficient (Wildman–Crippen LogP) is 2.79. The van der Waals surface area contributed by atoms with Crippen molar-refractivity contribution in [2.45, 2.75) is 59.0 Å². The summed E-state index contributed by atoms with van der Waals surface area (Å²) in [5, 5.41) is 11.3. The van der Waals surface area contributed by atoms with Crippen molar-refractivity contribution in [3.05, 3.63) is 0 Å². The number of ether oxygens (including phenoxy) is 1. The minimum atomic E-state index is -0.761. The quantitative estimate of drug-likeness (QED) is 0.667. The molecule has 0 aromatic heterocycles. The summed E-state index contributed by atoms with van der Waals surface area (Å²) < 4.78 is 4.95. The second-order valence-corrected chi connectivity index (χ2v) is 4.76. The third kappa shape index (κ3) is 9.93. The first-order chi connectivity index (χ1) is 8.45. The number of amides is 1. The van der Waals surface area contributed by atoms with Crippen molar-refractivity contribution in [3.63, 3.8) is 0 Å². The number of nitrogens with one attached hydrogen (secondary N) is 1. The van der Waals surface area contributed by atoms with E-state index >= 15 is 0 Å². The molecule has 0 radical (unpaired) electrons. The predicted molar refractivity (Wildman–Crippen MR) is 69.5 cm³/mol. The van der Waals surface area contributed by atoms with E-state index in [1.54, 1.807) is 13.8 Å². The van der Waals surface area contributed by atoms with E-state index in [0.717, 1.165) is 19.3 Å². The van der Waals surface area contributed by atoms with Crippen LogP contribution in [0.25, 0.3) is 0 Å². The zero-order valence-electron chi connectivity index (χ0n) is 11.6. The Morgan fingerprint density at radius 1 is 1.22 bits per heavy atom. The highest BCUT2D eigenvalue weighted by molar-refractivity contribution is 5.67. The number of carbonyl (C=O) groups is 2. The topological polar surface area (TPSA) is 75.6 Å². The van der Waals surface area contributed by atoms with Gasteiger partial charge in [-0.25, -0.2) is 4.79 Å². The molecule has 0 fully saturated rings. The Bertz CT molecular complexity index is 253. The molecule has 0 saturated carbocycles. The van der Waals surface area contributed by atoms with Crippen LogP contribution in [-0.2, 0) is 9.53 Å². The Kier molecular flexibility index (Phi) is 9.06. The zero-order valence-corrected chi connectivity index (χ0v) is 11.6. The average Bonchev–Trinajstić information content (AvgIpc) is 2.24. The van der Waals surface area contributed by atoms with E-state index in [2.05, 4.69) is 12.2 Å². The maximum atomic E-state index is 11.2. The smallest absolute Gasteiger partial charge is 0.407 e. The number of aliphatic carboxylic acids is 1. The summed E-state index contributed by atoms with van der Waals surface area (Å²) in [6.07, 6.45) is 3.16. The molecule has 18 heavy (non-hydrogen) atoms. The summed E-state index contributed by atoms with van der Waals surface area (Å²) in [7, 11) is 0. The lowest BCUT2D eigenvalue weighted by molar-refractivity contribution is -0.137. The average molecular weight is 259 g/mol. The van der Waals surface area contributed by atoms with Gasteiger partial charge in [0.2, 0.25) is 0 Å². The largest absolute Gasteiger partial charge is 0.481 e. The number of hydrogen-bond acceptors (Lipinski definition) is 3. The van der Waals surface area contributed by atoms with Crippen LogP contribution >= 0.6 is 0 Å².